The molecule has 0 aliphatic carbocycles. The molecule has 2 rings (SSSR count). The lowest BCUT2D eigenvalue weighted by Gasteiger charge is -2.07. The van der Waals surface area contributed by atoms with E-state index < -0.39 is 0 Å². The number of nitrogen functional groups attached to an aromatic ring is 1. The summed E-state index contributed by atoms with van der Waals surface area (Å²) in [6.07, 6.45) is 4.19. The molecule has 0 spiro atoms. The van der Waals surface area contributed by atoms with Crippen molar-refractivity contribution >= 4 is 17.6 Å². The fourth-order valence-corrected chi connectivity index (χ4v) is 2.36. The zero-order valence-electron chi connectivity index (χ0n) is 10.9. The van der Waals surface area contributed by atoms with Crippen molar-refractivity contribution in [2.24, 2.45) is 0 Å². The molecule has 100 valence electrons. The highest BCUT2D eigenvalue weighted by Gasteiger charge is 2.01. The number of aromatic nitrogens is 2. The first-order valence-corrected chi connectivity index (χ1v) is 7.13. The second-order valence-electron chi connectivity index (χ2n) is 4.11. The van der Waals surface area contributed by atoms with Crippen LogP contribution in [0.5, 0.6) is 5.75 Å². The Bertz CT molecular complexity index is 534. The van der Waals surface area contributed by atoms with Gasteiger partial charge in [0.1, 0.15) is 10.8 Å². The SMILES string of the molecule is Cc1cccc(OCCCSc2nccnc2N)c1. The molecule has 0 saturated carbocycles. The average molecular weight is 275 g/mol. The highest BCUT2D eigenvalue weighted by Crippen LogP contribution is 2.20. The molecule has 0 bridgehead atoms. The highest BCUT2D eigenvalue weighted by atomic mass is 32.2. The van der Waals surface area contributed by atoms with Gasteiger partial charge in [-0.15, -0.1) is 11.8 Å². The Hall–Kier alpha value is -1.75. The molecular formula is C14H17N3OS. The molecule has 0 saturated heterocycles. The van der Waals surface area contributed by atoms with Gasteiger partial charge < -0.3 is 10.5 Å². The van der Waals surface area contributed by atoms with Gasteiger partial charge in [-0.05, 0) is 31.0 Å². The Morgan fingerprint density at radius 2 is 2.11 bits per heavy atom. The zero-order valence-corrected chi connectivity index (χ0v) is 11.7. The number of hydrogen-bond acceptors (Lipinski definition) is 5. The second-order valence-corrected chi connectivity index (χ2v) is 5.20. The van der Waals surface area contributed by atoms with Crippen molar-refractivity contribution in [3.63, 3.8) is 0 Å². The lowest BCUT2D eigenvalue weighted by molar-refractivity contribution is 0.318. The minimum atomic E-state index is 0.493. The van der Waals surface area contributed by atoms with Crippen molar-refractivity contribution in [1.82, 2.24) is 9.97 Å². The molecule has 1 heterocycles. The van der Waals surface area contributed by atoms with Gasteiger partial charge in [0.15, 0.2) is 5.82 Å². The van der Waals surface area contributed by atoms with Crippen LogP contribution in [0, 0.1) is 6.92 Å². The Kier molecular flexibility index (Phi) is 5.03. The summed E-state index contributed by atoms with van der Waals surface area (Å²) >= 11 is 1.61. The Morgan fingerprint density at radius 1 is 1.26 bits per heavy atom. The van der Waals surface area contributed by atoms with Crippen molar-refractivity contribution in [3.8, 4) is 5.75 Å². The highest BCUT2D eigenvalue weighted by molar-refractivity contribution is 7.99. The van der Waals surface area contributed by atoms with Crippen molar-refractivity contribution < 1.29 is 4.74 Å². The van der Waals surface area contributed by atoms with E-state index >= 15 is 0 Å². The summed E-state index contributed by atoms with van der Waals surface area (Å²) in [5.41, 5.74) is 6.92. The third-order valence-electron chi connectivity index (χ3n) is 2.48. The maximum atomic E-state index is 5.72. The molecule has 2 N–H and O–H groups in total. The third kappa shape index (κ3) is 4.44. The molecule has 0 atom stereocenters. The van der Waals surface area contributed by atoms with Crippen LogP contribution in [0.1, 0.15) is 12.0 Å². The van der Waals surface area contributed by atoms with E-state index in [1.54, 1.807) is 24.2 Å². The summed E-state index contributed by atoms with van der Waals surface area (Å²) in [5, 5.41) is 0.790. The maximum absolute atomic E-state index is 5.72. The van der Waals surface area contributed by atoms with Gasteiger partial charge in [-0.1, -0.05) is 12.1 Å². The maximum Gasteiger partial charge on any atom is 0.156 e. The smallest absolute Gasteiger partial charge is 0.156 e. The number of anilines is 1. The number of benzene rings is 1. The lowest BCUT2D eigenvalue weighted by atomic mass is 10.2. The van der Waals surface area contributed by atoms with Crippen LogP contribution < -0.4 is 10.5 Å². The van der Waals surface area contributed by atoms with Gasteiger partial charge in [0.25, 0.3) is 0 Å². The summed E-state index contributed by atoms with van der Waals surface area (Å²) in [5.74, 6) is 2.32. The first-order valence-electron chi connectivity index (χ1n) is 6.14. The van der Waals surface area contributed by atoms with Crippen LogP contribution >= 0.6 is 11.8 Å². The molecule has 0 aliphatic rings. The molecule has 5 heteroatoms. The minimum Gasteiger partial charge on any atom is -0.494 e. The van der Waals surface area contributed by atoms with Gasteiger partial charge >= 0.3 is 0 Å². The number of hydrogen-bond donors (Lipinski definition) is 1. The van der Waals surface area contributed by atoms with E-state index in [0.29, 0.717) is 12.4 Å². The summed E-state index contributed by atoms with van der Waals surface area (Å²) < 4.78 is 5.67. The van der Waals surface area contributed by atoms with Crippen molar-refractivity contribution in [1.29, 1.82) is 0 Å². The van der Waals surface area contributed by atoms with Crippen LogP contribution in [-0.4, -0.2) is 22.3 Å². The molecule has 4 nitrogen and oxygen atoms in total. The molecule has 0 radical (unpaired) electrons. The number of thioether (sulfide) groups is 1. The van der Waals surface area contributed by atoms with Gasteiger partial charge in [0, 0.05) is 18.1 Å². The molecule has 0 unspecified atom stereocenters. The molecule has 1 aromatic carbocycles. The normalized spacial score (nSPS) is 10.4. The topological polar surface area (TPSA) is 61.0 Å². The molecule has 19 heavy (non-hydrogen) atoms. The predicted octanol–water partition coefficient (Wildman–Crippen LogP) is 2.93. The lowest BCUT2D eigenvalue weighted by Crippen LogP contribution is -2.00. The van der Waals surface area contributed by atoms with Crippen LogP contribution in [0.3, 0.4) is 0 Å². The molecule has 2 aromatic rings. The molecule has 1 aromatic heterocycles. The van der Waals surface area contributed by atoms with Crippen LogP contribution in [0.15, 0.2) is 41.7 Å². The van der Waals surface area contributed by atoms with E-state index in [0.717, 1.165) is 22.9 Å². The average Bonchev–Trinajstić information content (AvgIpc) is 2.40. The van der Waals surface area contributed by atoms with E-state index in [1.165, 1.54) is 5.56 Å². The Balaban J connectivity index is 1.69. The zero-order chi connectivity index (χ0) is 13.5. The summed E-state index contributed by atoms with van der Waals surface area (Å²) in [6, 6.07) is 8.06. The number of nitrogens with two attached hydrogens (primary N) is 1. The van der Waals surface area contributed by atoms with Gasteiger partial charge in [-0.25, -0.2) is 9.97 Å². The standard InChI is InChI=1S/C14H17N3OS/c1-11-4-2-5-12(10-11)18-8-3-9-19-14-13(15)16-6-7-17-14/h2,4-7,10H,3,8-9H2,1H3,(H2,15,16). The van der Waals surface area contributed by atoms with Crippen molar-refractivity contribution in [3.05, 3.63) is 42.2 Å². The van der Waals surface area contributed by atoms with E-state index in [2.05, 4.69) is 23.0 Å². The molecular weight excluding hydrogens is 258 g/mol. The van der Waals surface area contributed by atoms with Crippen molar-refractivity contribution in [2.75, 3.05) is 18.1 Å². The van der Waals surface area contributed by atoms with E-state index in [9.17, 15) is 0 Å². The third-order valence-corrected chi connectivity index (χ3v) is 3.56. The van der Waals surface area contributed by atoms with Gasteiger partial charge in [0.2, 0.25) is 0 Å². The number of nitrogens with zero attached hydrogens (tertiary/aromatic N) is 2. The van der Waals surface area contributed by atoms with Crippen LogP contribution in [0.2, 0.25) is 0 Å². The van der Waals surface area contributed by atoms with Gasteiger partial charge in [-0.3, -0.25) is 0 Å². The van der Waals surface area contributed by atoms with Gasteiger partial charge in [0.05, 0.1) is 6.61 Å². The first kappa shape index (κ1) is 13.7. The van der Waals surface area contributed by atoms with Crippen LogP contribution in [-0.2, 0) is 0 Å². The second kappa shape index (κ2) is 6.99. The quantitative estimate of drug-likeness (QED) is 0.649. The Morgan fingerprint density at radius 3 is 2.89 bits per heavy atom. The monoisotopic (exact) mass is 275 g/mol. The summed E-state index contributed by atoms with van der Waals surface area (Å²) in [4.78, 5) is 8.18. The fraction of sp³-hybridized carbons (Fsp3) is 0.286. The largest absolute Gasteiger partial charge is 0.494 e. The molecule has 0 fully saturated rings. The molecule has 0 aliphatic heterocycles. The van der Waals surface area contributed by atoms with Crippen molar-refractivity contribution in [2.45, 2.75) is 18.4 Å². The summed E-state index contributed by atoms with van der Waals surface area (Å²) in [6.45, 7) is 2.75. The number of aryl methyl sites for hydroxylation is 1. The number of rotatable bonds is 6. The first-order chi connectivity index (χ1) is 9.25. The minimum absolute atomic E-state index is 0.493. The molecule has 0 amide bonds. The Labute approximate surface area is 117 Å². The summed E-state index contributed by atoms with van der Waals surface area (Å²) in [7, 11) is 0. The van der Waals surface area contributed by atoms with E-state index in [-0.39, 0.29) is 0 Å². The van der Waals surface area contributed by atoms with E-state index in [1.807, 2.05) is 18.2 Å². The fourth-order valence-electron chi connectivity index (χ4n) is 1.57. The van der Waals surface area contributed by atoms with E-state index in [4.69, 9.17) is 10.5 Å². The number of ether oxygens (including phenoxy) is 1. The van der Waals surface area contributed by atoms with Gasteiger partial charge in [-0.2, -0.15) is 0 Å². The predicted molar refractivity (Wildman–Crippen MR) is 78.5 cm³/mol. The van der Waals surface area contributed by atoms with Crippen LogP contribution in [0.4, 0.5) is 5.82 Å². The van der Waals surface area contributed by atoms with Crippen LogP contribution in [0.25, 0.3) is 0 Å².